The zero-order valence-corrected chi connectivity index (χ0v) is 9.41. The largest absolute Gasteiger partial charge is 0.106 e. The van der Waals surface area contributed by atoms with Crippen LogP contribution in [0, 0.1) is 0 Å². The quantitative estimate of drug-likeness (QED) is 0.229. The van der Waals surface area contributed by atoms with Gasteiger partial charge in [0.25, 0.3) is 0 Å². The van der Waals surface area contributed by atoms with Gasteiger partial charge in [-0.2, -0.15) is 0 Å². The molecule has 0 saturated carbocycles. The molecule has 0 bridgehead atoms. The van der Waals surface area contributed by atoms with Gasteiger partial charge >= 0.3 is 0 Å². The maximum Gasteiger partial charge on any atom is 0 e. The van der Waals surface area contributed by atoms with Gasteiger partial charge in [-0.3, -0.25) is 0 Å². The van der Waals surface area contributed by atoms with E-state index >= 15 is 0 Å². The number of hydrogen-bond acceptors (Lipinski definition) is 0. The molecule has 0 aromatic rings. The molecule has 0 aliphatic carbocycles. The van der Waals surface area contributed by atoms with Gasteiger partial charge < -0.3 is 0 Å². The van der Waals surface area contributed by atoms with E-state index in [4.69, 9.17) is 0 Å². The average molecular weight is 83.6 g/mol. The molecule has 0 rings (SSSR count). The second kappa shape index (κ2) is 104. The van der Waals surface area contributed by atoms with E-state index < -0.39 is 0 Å². The van der Waals surface area contributed by atoms with Crippen molar-refractivity contribution in [2.24, 2.45) is 0 Å². The molecular weight excluding hydrogens is 79.6 g/mol. The Balaban J connectivity index is -0.000000000179. The first-order chi connectivity index (χ1) is 1.00. The van der Waals surface area contributed by atoms with Crippen molar-refractivity contribution in [3.63, 3.8) is 0 Å². The molecule has 0 spiro atoms. The number of rotatable bonds is 0. The van der Waals surface area contributed by atoms with Gasteiger partial charge in [0.1, 0.15) is 0 Å². The van der Waals surface area contributed by atoms with E-state index in [0.29, 0.717) is 0 Å². The minimum absolute atomic E-state index is 0. The van der Waals surface area contributed by atoms with E-state index in [0.717, 1.165) is 0 Å². The summed E-state index contributed by atoms with van der Waals surface area (Å²) in [5, 5.41) is 0. The van der Waals surface area contributed by atoms with E-state index in [1.165, 1.54) is 0 Å². The van der Waals surface area contributed by atoms with Crippen molar-refractivity contribution in [2.45, 2.75) is 0 Å². The van der Waals surface area contributed by atoms with Crippen LogP contribution in [0.15, 0.2) is 13.2 Å². The maximum absolute atomic E-state index is 3.00. The molecule has 0 unspecified atom stereocenters. The fourth-order valence-corrected chi connectivity index (χ4v) is 0. The molecule has 0 aromatic carbocycles. The molecule has 8 radical (unpaired) electrons. The molecule has 0 amide bonds. The summed E-state index contributed by atoms with van der Waals surface area (Å²) >= 11 is 0. The van der Waals surface area contributed by atoms with Gasteiger partial charge in [-0.05, 0) is 0 Å². The van der Waals surface area contributed by atoms with Crippen LogP contribution >= 0.6 is 0 Å². The van der Waals surface area contributed by atoms with Crippen molar-refractivity contribution in [3.05, 3.63) is 13.2 Å². The zero-order chi connectivity index (χ0) is 2.00. The fourth-order valence-electron chi connectivity index (χ4n) is 0. The van der Waals surface area contributed by atoms with Crippen molar-refractivity contribution < 1.29 is 0 Å². The topological polar surface area (TPSA) is 0 Å². The van der Waals surface area contributed by atoms with E-state index in [2.05, 4.69) is 13.2 Å². The van der Waals surface area contributed by atoms with Gasteiger partial charge in [-0.15, -0.1) is 13.2 Å². The third-order valence-electron chi connectivity index (χ3n) is 0. The Kier molecular flexibility index (Phi) is 904. The predicted octanol–water partition coefficient (Wildman–Crippen LogP) is -2.24. The standard InChI is InChI=1S/C2H4.8Li/c1-2;;;;;;;;/h1-2H2;;;;;;;;. The molecule has 0 aliphatic rings. The molecule has 10 heavy (non-hydrogen) atoms. The molecule has 0 heterocycles. The van der Waals surface area contributed by atoms with Crippen LogP contribution < -0.4 is 0 Å². The summed E-state index contributed by atoms with van der Waals surface area (Å²) in [4.78, 5) is 0. The summed E-state index contributed by atoms with van der Waals surface area (Å²) in [6.07, 6.45) is 0. The van der Waals surface area contributed by atoms with Gasteiger partial charge in [-0.1, -0.05) is 0 Å². The van der Waals surface area contributed by atoms with E-state index in [-0.39, 0.29) is 151 Å². The Morgan fingerprint density at radius 1 is 0.300 bits per heavy atom. The Morgan fingerprint density at radius 2 is 0.300 bits per heavy atom. The first-order valence-corrected chi connectivity index (χ1v) is 0.500. The Morgan fingerprint density at radius 3 is 0.300 bits per heavy atom. The molecule has 0 aliphatic heterocycles. The van der Waals surface area contributed by atoms with Gasteiger partial charge in [0, 0.05) is 151 Å². The molecule has 20 valence electrons. The van der Waals surface area contributed by atoms with Crippen molar-refractivity contribution in [3.8, 4) is 0 Å². The molecule has 0 aromatic heterocycles. The SMILES string of the molecule is C=C.[Li].[Li].[Li].[Li].[Li].[Li].[Li].[Li]. The first kappa shape index (κ1) is 87.1. The minimum atomic E-state index is 0. The molecule has 0 nitrogen and oxygen atoms in total. The van der Waals surface area contributed by atoms with Crippen LogP contribution in [0.5, 0.6) is 0 Å². The third kappa shape index (κ3) is 81.3. The summed E-state index contributed by atoms with van der Waals surface area (Å²) in [6, 6.07) is 0. The molecule has 0 N–H and O–H groups in total. The van der Waals surface area contributed by atoms with E-state index in [1.54, 1.807) is 0 Å². The maximum atomic E-state index is 3.00. The van der Waals surface area contributed by atoms with Crippen LogP contribution in [-0.4, -0.2) is 151 Å². The van der Waals surface area contributed by atoms with Crippen molar-refractivity contribution in [1.29, 1.82) is 0 Å². The fraction of sp³-hybridized carbons (Fsp3) is 0. The Bertz CT molecular complexity index is 7.22. The van der Waals surface area contributed by atoms with Crippen LogP contribution in [0.1, 0.15) is 0 Å². The summed E-state index contributed by atoms with van der Waals surface area (Å²) in [5.41, 5.74) is 0. The average Bonchev–Trinajstić information content (AvgIpc) is 1.00. The predicted molar refractivity (Wildman–Crippen MR) is 57.3 cm³/mol. The van der Waals surface area contributed by atoms with Crippen molar-refractivity contribution in [2.75, 3.05) is 0 Å². The normalized spacial score (nSPS) is 0.400. The van der Waals surface area contributed by atoms with E-state index in [1.807, 2.05) is 0 Å². The molecule has 0 atom stereocenters. The van der Waals surface area contributed by atoms with Crippen molar-refractivity contribution in [1.82, 2.24) is 0 Å². The van der Waals surface area contributed by atoms with Crippen LogP contribution in [0.2, 0.25) is 0 Å². The Labute approximate surface area is 161 Å². The summed E-state index contributed by atoms with van der Waals surface area (Å²) in [6.45, 7) is 6.00. The molecule has 0 saturated heterocycles. The van der Waals surface area contributed by atoms with Crippen molar-refractivity contribution >= 4 is 151 Å². The first-order valence-electron chi connectivity index (χ1n) is 0.500. The number of hydrogen-bond donors (Lipinski definition) is 0. The van der Waals surface area contributed by atoms with Crippen LogP contribution in [0.4, 0.5) is 0 Å². The minimum Gasteiger partial charge on any atom is -0.106 e. The van der Waals surface area contributed by atoms with Gasteiger partial charge in [-0.25, -0.2) is 0 Å². The molecule has 8 heteroatoms. The Hall–Kier alpha value is 4.52. The smallest absolute Gasteiger partial charge is 0 e. The van der Waals surface area contributed by atoms with E-state index in [9.17, 15) is 0 Å². The third-order valence-corrected chi connectivity index (χ3v) is 0. The molecule has 0 fully saturated rings. The second-order valence-corrected chi connectivity index (χ2v) is 0. The summed E-state index contributed by atoms with van der Waals surface area (Å²) < 4.78 is 0. The summed E-state index contributed by atoms with van der Waals surface area (Å²) in [7, 11) is 0. The second-order valence-electron chi connectivity index (χ2n) is 0. The van der Waals surface area contributed by atoms with Crippen LogP contribution in [-0.2, 0) is 0 Å². The monoisotopic (exact) mass is 84.2 g/mol. The van der Waals surface area contributed by atoms with Crippen LogP contribution in [0.25, 0.3) is 0 Å². The van der Waals surface area contributed by atoms with Gasteiger partial charge in [0.05, 0.1) is 0 Å². The van der Waals surface area contributed by atoms with Gasteiger partial charge in [0.15, 0.2) is 0 Å². The zero-order valence-electron chi connectivity index (χ0n) is 9.41. The summed E-state index contributed by atoms with van der Waals surface area (Å²) in [5.74, 6) is 0. The molecular formula is C2H4Li8. The van der Waals surface area contributed by atoms with Crippen LogP contribution in [0.3, 0.4) is 0 Å². The van der Waals surface area contributed by atoms with Gasteiger partial charge in [0.2, 0.25) is 0 Å².